The molecule has 0 bridgehead atoms. The minimum atomic E-state index is -4.06. The van der Waals surface area contributed by atoms with E-state index in [1.165, 1.54) is 4.31 Å². The highest BCUT2D eigenvalue weighted by molar-refractivity contribution is 7.87. The minimum Gasteiger partial charge on any atom is -0.345 e. The van der Waals surface area contributed by atoms with Gasteiger partial charge in [0.25, 0.3) is 0 Å². The highest BCUT2D eigenvalue weighted by atomic mass is 32.2. The number of Topliss-reactive ketones (excluding diaryl/α,β-unsaturated/α-hetero) is 2. The molecular weight excluding hydrogens is 755 g/mol. The zero-order chi connectivity index (χ0) is 42.1. The number of amides is 3. The van der Waals surface area contributed by atoms with Crippen LogP contribution in [0.5, 0.6) is 0 Å². The molecule has 0 aromatic carbocycles. The topological polar surface area (TPSA) is 153 Å². The number of hydrogen-bond acceptors (Lipinski definition) is 8. The number of carbonyl (C=O) groups is 5. The third-order valence-electron chi connectivity index (χ3n) is 17.0. The molecule has 0 unspecified atom stereocenters. The normalized spacial score (nSPS) is 33.1. The SMILES string of the molecule is C=C[C@@H]1C[C@]1(CC(=O)[C@@H]1C[C@@]2(CN1C(=O)[C@@H](CC(=O)[C@@H](NC(=O)[C@H]1CCCN1CC)C1CCCCC1)C(C)(C)C)C(C)(C)C21CCC1)C(=O)NS(=O)(=O)N1CCCC1. The minimum absolute atomic E-state index is 0.0143. The van der Waals surface area contributed by atoms with E-state index in [1.807, 2.05) is 20.8 Å². The van der Waals surface area contributed by atoms with Crippen LogP contribution in [0.1, 0.15) is 144 Å². The predicted molar refractivity (Wildman–Crippen MR) is 222 cm³/mol. The molecule has 4 saturated carbocycles. The molecule has 0 aromatic rings. The van der Waals surface area contributed by atoms with E-state index < -0.39 is 44.9 Å². The summed E-state index contributed by atoms with van der Waals surface area (Å²) in [7, 11) is -4.06. The Morgan fingerprint density at radius 2 is 1.53 bits per heavy atom. The molecule has 0 aromatic heterocycles. The van der Waals surface area contributed by atoms with Gasteiger partial charge in [0.1, 0.15) is 0 Å². The van der Waals surface area contributed by atoms with Crippen LogP contribution in [0.25, 0.3) is 0 Å². The van der Waals surface area contributed by atoms with E-state index in [2.05, 4.69) is 42.3 Å². The van der Waals surface area contributed by atoms with Crippen LogP contribution in [-0.2, 0) is 34.2 Å². The maximum atomic E-state index is 15.3. The zero-order valence-electron chi connectivity index (χ0n) is 36.2. The van der Waals surface area contributed by atoms with Crippen molar-refractivity contribution in [1.82, 2.24) is 24.1 Å². The Hall–Kier alpha value is -2.64. The Morgan fingerprint density at radius 3 is 2.09 bits per heavy atom. The van der Waals surface area contributed by atoms with Gasteiger partial charge in [-0.3, -0.25) is 28.9 Å². The highest BCUT2D eigenvalue weighted by Crippen LogP contribution is 2.88. The van der Waals surface area contributed by atoms with Crippen LogP contribution in [-0.4, -0.2) is 103 Å². The zero-order valence-corrected chi connectivity index (χ0v) is 37.0. The molecule has 3 amide bonds. The van der Waals surface area contributed by atoms with E-state index in [0.717, 1.165) is 90.1 Å². The fourth-order valence-electron chi connectivity index (χ4n) is 12.9. The average molecular weight is 826 g/mol. The maximum absolute atomic E-state index is 15.3. The van der Waals surface area contributed by atoms with Gasteiger partial charge in [0, 0.05) is 43.8 Å². The molecule has 2 spiro atoms. The van der Waals surface area contributed by atoms with E-state index in [-0.39, 0.29) is 70.3 Å². The molecule has 7 rings (SSSR count). The number of rotatable bonds is 15. The Kier molecular flexibility index (Phi) is 11.7. The van der Waals surface area contributed by atoms with Gasteiger partial charge < -0.3 is 10.2 Å². The van der Waals surface area contributed by atoms with Crippen molar-refractivity contribution in [3.63, 3.8) is 0 Å². The van der Waals surface area contributed by atoms with Gasteiger partial charge in [-0.1, -0.05) is 73.3 Å². The first-order valence-electron chi connectivity index (χ1n) is 22.6. The summed E-state index contributed by atoms with van der Waals surface area (Å²) >= 11 is 0. The van der Waals surface area contributed by atoms with Gasteiger partial charge in [-0.2, -0.15) is 12.7 Å². The first-order valence-corrected chi connectivity index (χ1v) is 24.1. The summed E-state index contributed by atoms with van der Waals surface area (Å²) in [6.07, 6.45) is 13.4. The fraction of sp³-hybridized carbons (Fsp3) is 0.844. The van der Waals surface area contributed by atoms with Crippen molar-refractivity contribution in [1.29, 1.82) is 0 Å². The van der Waals surface area contributed by atoms with E-state index in [1.54, 1.807) is 11.0 Å². The number of allylic oxidation sites excluding steroid dienone is 1. The summed E-state index contributed by atoms with van der Waals surface area (Å²) in [5.74, 6) is -2.43. The quantitative estimate of drug-likeness (QED) is 0.204. The van der Waals surface area contributed by atoms with Gasteiger partial charge in [-0.05, 0) is 105 Å². The Morgan fingerprint density at radius 1 is 0.862 bits per heavy atom. The maximum Gasteiger partial charge on any atom is 0.303 e. The lowest BCUT2D eigenvalue weighted by molar-refractivity contribution is -0.147. The molecule has 3 aliphatic heterocycles. The number of likely N-dealkylation sites (tertiary alicyclic amines) is 2. The van der Waals surface area contributed by atoms with Crippen molar-refractivity contribution < 1.29 is 32.4 Å². The average Bonchev–Trinajstić information content (AvgIpc) is 3.58. The summed E-state index contributed by atoms with van der Waals surface area (Å²) in [5.41, 5.74) is -2.21. The largest absolute Gasteiger partial charge is 0.345 e. The number of likely N-dealkylation sites (N-methyl/N-ethyl adjacent to an activating group) is 1. The summed E-state index contributed by atoms with van der Waals surface area (Å²) in [5, 5.41) is 3.23. The highest BCUT2D eigenvalue weighted by Gasteiger charge is 2.85. The Balaban J connectivity index is 1.15. The number of carbonyl (C=O) groups excluding carboxylic acids is 5. The lowest BCUT2D eigenvalue weighted by Crippen LogP contribution is -2.54. The van der Waals surface area contributed by atoms with Crippen LogP contribution in [0.4, 0.5) is 0 Å². The summed E-state index contributed by atoms with van der Waals surface area (Å²) in [4.78, 5) is 76.6. The van der Waals surface area contributed by atoms with Crippen molar-refractivity contribution >= 4 is 39.5 Å². The lowest BCUT2D eigenvalue weighted by atomic mass is 9.73. The van der Waals surface area contributed by atoms with Crippen molar-refractivity contribution in [2.75, 3.05) is 32.7 Å². The molecule has 7 atom stereocenters. The molecular formula is C45H71N5O7S. The van der Waals surface area contributed by atoms with Crippen molar-refractivity contribution in [3.05, 3.63) is 12.7 Å². The molecule has 4 aliphatic carbocycles. The second-order valence-corrected chi connectivity index (χ2v) is 22.6. The van der Waals surface area contributed by atoms with Gasteiger partial charge in [0.2, 0.25) is 17.7 Å². The van der Waals surface area contributed by atoms with E-state index in [0.29, 0.717) is 32.5 Å². The number of fused-ring (bicyclic) bond motifs is 1. The van der Waals surface area contributed by atoms with Crippen LogP contribution in [0.3, 0.4) is 0 Å². The summed E-state index contributed by atoms with van der Waals surface area (Å²) < 4.78 is 30.0. The molecule has 7 aliphatic rings. The van der Waals surface area contributed by atoms with Crippen LogP contribution in [0, 0.1) is 44.8 Å². The smallest absolute Gasteiger partial charge is 0.303 e. The predicted octanol–water partition coefficient (Wildman–Crippen LogP) is 5.56. The van der Waals surface area contributed by atoms with Crippen molar-refractivity contribution in [2.45, 2.75) is 162 Å². The molecule has 58 heavy (non-hydrogen) atoms. The molecule has 13 heteroatoms. The summed E-state index contributed by atoms with van der Waals surface area (Å²) in [6, 6.07) is -1.72. The first-order chi connectivity index (χ1) is 27.3. The second-order valence-electron chi connectivity index (χ2n) is 21.0. The Bertz CT molecular complexity index is 1770. The van der Waals surface area contributed by atoms with E-state index >= 15 is 4.79 Å². The number of hydrogen-bond donors (Lipinski definition) is 2. The van der Waals surface area contributed by atoms with Crippen LogP contribution in [0.15, 0.2) is 12.7 Å². The summed E-state index contributed by atoms with van der Waals surface area (Å²) in [6.45, 7) is 19.2. The standard InChI is InChI=1S/C45H71N5O7S/c1-8-31-26-43(31,40(55)47-58(56,57)49-23-13-14-24-49)28-36(52)34-27-45(42(6,7)44(45)20-16-21-44)29-50(34)39(54)32(41(3,4)5)25-35(51)37(30-17-11-10-12-18-30)46-38(53)33-19-15-22-48(33)9-2/h8,30-34,37H,1,9-29H2,2-7H3,(H,46,53)(H,47,55)/t31-,32-,33-,34+,37+,43-,45-/m1/s1. The number of ketones is 2. The van der Waals surface area contributed by atoms with Crippen molar-refractivity contribution in [2.24, 2.45) is 44.8 Å². The van der Waals surface area contributed by atoms with Crippen LogP contribution in [0.2, 0.25) is 0 Å². The third kappa shape index (κ3) is 7.22. The first kappa shape index (κ1) is 43.4. The molecule has 7 fully saturated rings. The van der Waals surface area contributed by atoms with E-state index in [9.17, 15) is 27.6 Å². The van der Waals surface area contributed by atoms with Gasteiger partial charge in [0.15, 0.2) is 11.6 Å². The fourth-order valence-corrected chi connectivity index (χ4v) is 14.2. The molecule has 3 heterocycles. The van der Waals surface area contributed by atoms with Gasteiger partial charge >= 0.3 is 10.2 Å². The van der Waals surface area contributed by atoms with Crippen molar-refractivity contribution in [3.8, 4) is 0 Å². The molecule has 12 nitrogen and oxygen atoms in total. The monoisotopic (exact) mass is 826 g/mol. The second kappa shape index (κ2) is 15.7. The lowest BCUT2D eigenvalue weighted by Gasteiger charge is -2.37. The van der Waals surface area contributed by atoms with Crippen LogP contribution >= 0.6 is 0 Å². The molecule has 324 valence electrons. The molecule has 0 radical (unpaired) electrons. The third-order valence-corrected chi connectivity index (χ3v) is 18.5. The molecule has 3 saturated heterocycles. The number of nitrogens with zero attached hydrogens (tertiary/aromatic N) is 3. The van der Waals surface area contributed by atoms with Gasteiger partial charge in [-0.15, -0.1) is 6.58 Å². The van der Waals surface area contributed by atoms with E-state index in [4.69, 9.17) is 0 Å². The molecule has 2 N–H and O–H groups in total. The van der Waals surface area contributed by atoms with Gasteiger partial charge in [-0.25, -0.2) is 4.72 Å². The van der Waals surface area contributed by atoms with Gasteiger partial charge in [0.05, 0.1) is 23.5 Å². The number of nitrogens with one attached hydrogen (secondary N) is 2. The Labute approximate surface area is 347 Å². The van der Waals surface area contributed by atoms with Crippen LogP contribution < -0.4 is 10.0 Å².